The zero-order valence-electron chi connectivity index (χ0n) is 12.6. The minimum Gasteiger partial charge on any atom is -0.311 e. The zero-order valence-corrected chi connectivity index (χ0v) is 13.4. The first kappa shape index (κ1) is 15.5. The highest BCUT2D eigenvalue weighted by atomic mass is 32.1. The van der Waals surface area contributed by atoms with Crippen molar-refractivity contribution in [3.63, 3.8) is 0 Å². The molecule has 0 bridgehead atoms. The minimum absolute atomic E-state index is 0.894. The minimum atomic E-state index is 0.894. The van der Waals surface area contributed by atoms with Crippen LogP contribution in [0, 0.1) is 0 Å². The number of hydrogen-bond donors (Lipinski definition) is 1. The first-order chi connectivity index (χ1) is 9.90. The fourth-order valence-corrected chi connectivity index (χ4v) is 3.18. The predicted octanol–water partition coefficient (Wildman–Crippen LogP) is 4.63. The van der Waals surface area contributed by atoms with Crippen molar-refractivity contribution in [1.29, 1.82) is 0 Å². The third-order valence-corrected chi connectivity index (χ3v) is 4.43. The molecule has 0 saturated heterocycles. The van der Waals surface area contributed by atoms with Crippen LogP contribution in [0.1, 0.15) is 64.0 Å². The maximum atomic E-state index is 4.57. The van der Waals surface area contributed by atoms with Gasteiger partial charge in [-0.25, -0.2) is 4.98 Å². The van der Waals surface area contributed by atoms with E-state index < -0.39 is 0 Å². The van der Waals surface area contributed by atoms with Crippen LogP contribution >= 0.6 is 11.3 Å². The summed E-state index contributed by atoms with van der Waals surface area (Å²) in [5.74, 6) is 0. The van der Waals surface area contributed by atoms with E-state index in [-0.39, 0.29) is 0 Å². The van der Waals surface area contributed by atoms with E-state index in [1.165, 1.54) is 51.4 Å². The Balaban J connectivity index is 1.45. The van der Waals surface area contributed by atoms with E-state index in [1.54, 1.807) is 11.3 Å². The maximum Gasteiger partial charge on any atom is 0.193 e. The second kappa shape index (κ2) is 9.14. The molecule has 2 aromatic heterocycles. The van der Waals surface area contributed by atoms with E-state index >= 15 is 0 Å². The summed E-state index contributed by atoms with van der Waals surface area (Å²) < 4.78 is 2.10. The van der Waals surface area contributed by atoms with Gasteiger partial charge in [0, 0.05) is 24.3 Å². The Morgan fingerprint density at radius 2 is 1.85 bits per heavy atom. The molecule has 0 fully saturated rings. The average Bonchev–Trinajstić information content (AvgIpc) is 3.02. The monoisotopic (exact) mass is 293 g/mol. The number of nitrogens with zero attached hydrogens (tertiary/aromatic N) is 2. The van der Waals surface area contributed by atoms with Gasteiger partial charge in [0.15, 0.2) is 4.96 Å². The van der Waals surface area contributed by atoms with Gasteiger partial charge in [-0.05, 0) is 13.0 Å². The third-order valence-electron chi connectivity index (χ3n) is 3.66. The van der Waals surface area contributed by atoms with Crippen LogP contribution in [0.4, 0.5) is 0 Å². The molecule has 0 atom stereocenters. The molecule has 0 saturated carbocycles. The average molecular weight is 293 g/mol. The van der Waals surface area contributed by atoms with Crippen molar-refractivity contribution in [1.82, 2.24) is 14.7 Å². The summed E-state index contributed by atoms with van der Waals surface area (Å²) in [7, 11) is 0. The van der Waals surface area contributed by atoms with Gasteiger partial charge >= 0.3 is 0 Å². The standard InChI is InChI=1S/C16H27N3S/c1-2-3-4-5-6-7-8-9-10-17-13-15-14-19-11-12-20-16(19)18-15/h11-12,14,17H,2-10,13H2,1H3. The van der Waals surface area contributed by atoms with Gasteiger partial charge in [-0.1, -0.05) is 51.9 Å². The Hall–Kier alpha value is -0.870. The van der Waals surface area contributed by atoms with Crippen molar-refractivity contribution in [3.05, 3.63) is 23.5 Å². The number of thiazole rings is 1. The first-order valence-corrected chi connectivity index (χ1v) is 8.90. The number of unbranched alkanes of at least 4 members (excludes halogenated alkanes) is 7. The molecule has 4 heteroatoms. The molecule has 0 aliphatic rings. The van der Waals surface area contributed by atoms with Crippen molar-refractivity contribution in [2.45, 2.75) is 64.8 Å². The topological polar surface area (TPSA) is 29.3 Å². The van der Waals surface area contributed by atoms with E-state index in [1.807, 2.05) is 0 Å². The van der Waals surface area contributed by atoms with Crippen LogP contribution < -0.4 is 5.32 Å². The third kappa shape index (κ3) is 5.25. The molecule has 112 valence electrons. The largest absolute Gasteiger partial charge is 0.311 e. The normalized spacial score (nSPS) is 11.4. The van der Waals surface area contributed by atoms with Crippen LogP contribution in [0.15, 0.2) is 17.8 Å². The summed E-state index contributed by atoms with van der Waals surface area (Å²) in [6.45, 7) is 4.28. The van der Waals surface area contributed by atoms with Crippen molar-refractivity contribution in [3.8, 4) is 0 Å². The van der Waals surface area contributed by atoms with E-state index in [0.717, 1.165) is 23.7 Å². The lowest BCUT2D eigenvalue weighted by Crippen LogP contribution is -2.14. The molecular weight excluding hydrogens is 266 g/mol. The smallest absolute Gasteiger partial charge is 0.193 e. The van der Waals surface area contributed by atoms with Gasteiger partial charge in [-0.15, -0.1) is 11.3 Å². The Morgan fingerprint density at radius 3 is 2.60 bits per heavy atom. The van der Waals surface area contributed by atoms with Gasteiger partial charge in [0.05, 0.1) is 5.69 Å². The van der Waals surface area contributed by atoms with Crippen molar-refractivity contribution in [2.75, 3.05) is 6.54 Å². The fraction of sp³-hybridized carbons (Fsp3) is 0.688. The van der Waals surface area contributed by atoms with Crippen LogP contribution in [-0.2, 0) is 6.54 Å². The lowest BCUT2D eigenvalue weighted by molar-refractivity contribution is 0.554. The van der Waals surface area contributed by atoms with Crippen LogP contribution in [-0.4, -0.2) is 15.9 Å². The predicted molar refractivity (Wildman–Crippen MR) is 87.4 cm³/mol. The summed E-state index contributed by atoms with van der Waals surface area (Å²) in [4.78, 5) is 5.66. The van der Waals surface area contributed by atoms with Crippen molar-refractivity contribution >= 4 is 16.3 Å². The molecule has 3 nitrogen and oxygen atoms in total. The van der Waals surface area contributed by atoms with Gasteiger partial charge < -0.3 is 5.32 Å². The molecule has 0 aromatic carbocycles. The lowest BCUT2D eigenvalue weighted by Gasteiger charge is -2.03. The van der Waals surface area contributed by atoms with Gasteiger partial charge in [0.1, 0.15) is 0 Å². The molecule has 20 heavy (non-hydrogen) atoms. The summed E-state index contributed by atoms with van der Waals surface area (Å²) in [6.07, 6.45) is 15.2. The fourth-order valence-electron chi connectivity index (χ4n) is 2.46. The molecule has 0 amide bonds. The molecule has 2 rings (SSSR count). The van der Waals surface area contributed by atoms with Crippen molar-refractivity contribution in [2.24, 2.45) is 0 Å². The van der Waals surface area contributed by atoms with Crippen LogP contribution in [0.2, 0.25) is 0 Å². The molecule has 2 heterocycles. The SMILES string of the molecule is CCCCCCCCCCNCc1cn2ccsc2n1. The van der Waals surface area contributed by atoms with E-state index in [2.05, 4.69) is 39.4 Å². The molecule has 0 spiro atoms. The second-order valence-electron chi connectivity index (χ2n) is 5.48. The molecule has 0 radical (unpaired) electrons. The summed E-state index contributed by atoms with van der Waals surface area (Å²) in [5.41, 5.74) is 1.15. The van der Waals surface area contributed by atoms with Crippen molar-refractivity contribution < 1.29 is 0 Å². The van der Waals surface area contributed by atoms with E-state index in [4.69, 9.17) is 0 Å². The number of hydrogen-bond acceptors (Lipinski definition) is 3. The van der Waals surface area contributed by atoms with Crippen LogP contribution in [0.5, 0.6) is 0 Å². The number of rotatable bonds is 11. The molecule has 2 aromatic rings. The molecule has 0 unspecified atom stereocenters. The maximum absolute atomic E-state index is 4.57. The number of imidazole rings is 1. The van der Waals surface area contributed by atoms with Crippen LogP contribution in [0.25, 0.3) is 4.96 Å². The number of aromatic nitrogens is 2. The summed E-state index contributed by atoms with van der Waals surface area (Å²) >= 11 is 1.69. The molecular formula is C16H27N3S. The van der Waals surface area contributed by atoms with Gasteiger partial charge in [0.25, 0.3) is 0 Å². The summed E-state index contributed by atoms with van der Waals surface area (Å²) in [6, 6.07) is 0. The van der Waals surface area contributed by atoms with E-state index in [0.29, 0.717) is 0 Å². The Labute approximate surface area is 126 Å². The molecule has 0 aliphatic carbocycles. The van der Waals surface area contributed by atoms with Gasteiger partial charge in [-0.3, -0.25) is 4.40 Å². The Kier molecular flexibility index (Phi) is 7.09. The van der Waals surface area contributed by atoms with E-state index in [9.17, 15) is 0 Å². The zero-order chi connectivity index (χ0) is 14.0. The quantitative estimate of drug-likeness (QED) is 0.612. The Bertz CT molecular complexity index is 446. The summed E-state index contributed by atoms with van der Waals surface area (Å²) in [5, 5.41) is 5.56. The highest BCUT2D eigenvalue weighted by Crippen LogP contribution is 2.11. The van der Waals surface area contributed by atoms with Gasteiger partial charge in [0.2, 0.25) is 0 Å². The highest BCUT2D eigenvalue weighted by Gasteiger charge is 2.01. The Morgan fingerprint density at radius 1 is 1.10 bits per heavy atom. The second-order valence-corrected chi connectivity index (χ2v) is 6.35. The van der Waals surface area contributed by atoms with Crippen LogP contribution in [0.3, 0.4) is 0 Å². The molecule has 0 aliphatic heterocycles. The highest BCUT2D eigenvalue weighted by molar-refractivity contribution is 7.15. The number of fused-ring (bicyclic) bond motifs is 1. The van der Waals surface area contributed by atoms with Gasteiger partial charge in [-0.2, -0.15) is 0 Å². The molecule has 1 N–H and O–H groups in total. The lowest BCUT2D eigenvalue weighted by atomic mass is 10.1. The number of nitrogens with one attached hydrogen (secondary N) is 1. The first-order valence-electron chi connectivity index (χ1n) is 8.02.